The number of aromatic amines is 1. The normalized spacial score (nSPS) is 12.1. The molecule has 7 heteroatoms. The van der Waals surface area contributed by atoms with E-state index in [9.17, 15) is 9.59 Å². The van der Waals surface area contributed by atoms with E-state index >= 15 is 0 Å². The second-order valence-electron chi connectivity index (χ2n) is 3.79. The van der Waals surface area contributed by atoms with Crippen molar-refractivity contribution in [2.75, 3.05) is 0 Å². The average Bonchev–Trinajstić information content (AvgIpc) is 2.76. The van der Waals surface area contributed by atoms with Gasteiger partial charge >= 0.3 is 0 Å². The van der Waals surface area contributed by atoms with E-state index in [0.29, 0.717) is 0 Å². The van der Waals surface area contributed by atoms with E-state index in [4.69, 9.17) is 0 Å². The zero-order valence-electron chi connectivity index (χ0n) is 9.93. The minimum atomic E-state index is -0.343. The van der Waals surface area contributed by atoms with Crippen LogP contribution in [-0.2, 0) is 0 Å². The summed E-state index contributed by atoms with van der Waals surface area (Å²) in [6.07, 6.45) is 0. The van der Waals surface area contributed by atoms with Crippen LogP contribution in [0.2, 0.25) is 0 Å². The second-order valence-corrected chi connectivity index (χ2v) is 4.86. The van der Waals surface area contributed by atoms with Gasteiger partial charge in [-0.1, -0.05) is 0 Å². The van der Waals surface area contributed by atoms with Crippen molar-refractivity contribution in [2.45, 2.75) is 19.9 Å². The Labute approximate surface area is 107 Å². The summed E-state index contributed by atoms with van der Waals surface area (Å²) >= 11 is 1.53. The third-order valence-electron chi connectivity index (χ3n) is 2.34. The van der Waals surface area contributed by atoms with Crippen LogP contribution in [0.4, 0.5) is 0 Å². The standard InChI is InChI=1S/C11H12N4O2S/c1-6(9-5-18-7(2)13-9)12-11(17)8-3-4-10(16)15-14-8/h3-6H,1-2H3,(H,12,17)(H,15,16). The lowest BCUT2D eigenvalue weighted by atomic mass is 10.2. The van der Waals surface area contributed by atoms with E-state index < -0.39 is 0 Å². The van der Waals surface area contributed by atoms with Crippen LogP contribution in [0.5, 0.6) is 0 Å². The number of aryl methyl sites for hydroxylation is 1. The molecule has 0 aliphatic carbocycles. The summed E-state index contributed by atoms with van der Waals surface area (Å²) in [5, 5.41) is 11.5. The Kier molecular flexibility index (Phi) is 3.52. The van der Waals surface area contributed by atoms with Crippen LogP contribution in [0.1, 0.15) is 34.2 Å². The molecule has 0 aliphatic rings. The van der Waals surface area contributed by atoms with E-state index in [2.05, 4.69) is 20.5 Å². The summed E-state index contributed by atoms with van der Waals surface area (Å²) in [7, 11) is 0. The second kappa shape index (κ2) is 5.09. The van der Waals surface area contributed by atoms with Crippen molar-refractivity contribution in [2.24, 2.45) is 0 Å². The first kappa shape index (κ1) is 12.4. The third-order valence-corrected chi connectivity index (χ3v) is 3.13. The molecule has 0 fully saturated rings. The summed E-state index contributed by atoms with van der Waals surface area (Å²) in [4.78, 5) is 27.0. The highest BCUT2D eigenvalue weighted by Gasteiger charge is 2.14. The molecule has 0 aliphatic heterocycles. The average molecular weight is 264 g/mol. The number of amides is 1. The van der Waals surface area contributed by atoms with Crippen molar-refractivity contribution in [1.29, 1.82) is 0 Å². The maximum Gasteiger partial charge on any atom is 0.272 e. The highest BCUT2D eigenvalue weighted by atomic mass is 32.1. The molecule has 0 aromatic carbocycles. The highest BCUT2D eigenvalue weighted by molar-refractivity contribution is 7.09. The summed E-state index contributed by atoms with van der Waals surface area (Å²) in [5.74, 6) is -0.343. The van der Waals surface area contributed by atoms with Gasteiger partial charge in [-0.2, -0.15) is 5.10 Å². The Morgan fingerprint density at radius 1 is 1.50 bits per heavy atom. The zero-order valence-corrected chi connectivity index (χ0v) is 10.7. The largest absolute Gasteiger partial charge is 0.343 e. The summed E-state index contributed by atoms with van der Waals surface area (Å²) < 4.78 is 0. The number of rotatable bonds is 3. The Morgan fingerprint density at radius 2 is 2.28 bits per heavy atom. The molecule has 94 valence electrons. The van der Waals surface area contributed by atoms with Gasteiger partial charge in [0.25, 0.3) is 11.5 Å². The van der Waals surface area contributed by atoms with E-state index in [-0.39, 0.29) is 23.2 Å². The predicted octanol–water partition coefficient (Wildman–Crippen LogP) is 1.03. The van der Waals surface area contributed by atoms with Crippen LogP contribution in [0.15, 0.2) is 22.3 Å². The molecule has 1 amide bonds. The SMILES string of the molecule is Cc1nc(C(C)NC(=O)c2ccc(=O)[nH]n2)cs1. The molecule has 2 heterocycles. The fraction of sp³-hybridized carbons (Fsp3) is 0.273. The van der Waals surface area contributed by atoms with Crippen LogP contribution >= 0.6 is 11.3 Å². The molecule has 0 bridgehead atoms. The highest BCUT2D eigenvalue weighted by Crippen LogP contribution is 2.15. The first-order chi connectivity index (χ1) is 8.56. The van der Waals surface area contributed by atoms with Crippen molar-refractivity contribution in [3.8, 4) is 0 Å². The number of carbonyl (C=O) groups excluding carboxylic acids is 1. The maximum atomic E-state index is 11.8. The Balaban J connectivity index is 2.07. The lowest BCUT2D eigenvalue weighted by molar-refractivity contribution is 0.0933. The first-order valence-corrected chi connectivity index (χ1v) is 6.23. The molecule has 2 aromatic rings. The lowest BCUT2D eigenvalue weighted by Gasteiger charge is -2.10. The molecule has 0 saturated heterocycles. The number of hydrogen-bond donors (Lipinski definition) is 2. The van der Waals surface area contributed by atoms with E-state index in [1.54, 1.807) is 0 Å². The molecule has 2 aromatic heterocycles. The fourth-order valence-corrected chi connectivity index (χ4v) is 2.10. The molecule has 0 spiro atoms. The van der Waals surface area contributed by atoms with Crippen molar-refractivity contribution in [1.82, 2.24) is 20.5 Å². The minimum Gasteiger partial charge on any atom is -0.343 e. The Hall–Kier alpha value is -2.02. The van der Waals surface area contributed by atoms with Crippen molar-refractivity contribution in [3.63, 3.8) is 0 Å². The lowest BCUT2D eigenvalue weighted by Crippen LogP contribution is -2.28. The van der Waals surface area contributed by atoms with Gasteiger partial charge in [-0.25, -0.2) is 10.1 Å². The molecular weight excluding hydrogens is 252 g/mol. The van der Waals surface area contributed by atoms with Gasteiger partial charge in [0.05, 0.1) is 16.7 Å². The molecule has 6 nitrogen and oxygen atoms in total. The number of carbonyl (C=O) groups is 1. The van der Waals surface area contributed by atoms with Crippen LogP contribution in [-0.4, -0.2) is 21.1 Å². The number of thiazole rings is 1. The van der Waals surface area contributed by atoms with E-state index in [1.165, 1.54) is 23.5 Å². The van der Waals surface area contributed by atoms with Gasteiger partial charge in [-0.05, 0) is 19.9 Å². The number of hydrogen-bond acceptors (Lipinski definition) is 5. The molecule has 0 radical (unpaired) electrons. The summed E-state index contributed by atoms with van der Waals surface area (Å²) in [5.41, 5.74) is 0.651. The molecule has 2 rings (SSSR count). The van der Waals surface area contributed by atoms with Gasteiger partial charge in [0.15, 0.2) is 0 Å². The number of nitrogens with one attached hydrogen (secondary N) is 2. The van der Waals surface area contributed by atoms with Crippen molar-refractivity contribution >= 4 is 17.2 Å². The van der Waals surface area contributed by atoms with Crippen molar-refractivity contribution in [3.05, 3.63) is 44.3 Å². The van der Waals surface area contributed by atoms with Gasteiger partial charge in [-0.3, -0.25) is 9.59 Å². The van der Waals surface area contributed by atoms with Gasteiger partial charge in [0, 0.05) is 11.4 Å². The van der Waals surface area contributed by atoms with Gasteiger partial charge in [-0.15, -0.1) is 11.3 Å². The first-order valence-electron chi connectivity index (χ1n) is 5.35. The smallest absolute Gasteiger partial charge is 0.272 e. The van der Waals surface area contributed by atoms with Crippen molar-refractivity contribution < 1.29 is 4.79 Å². The molecule has 1 atom stereocenters. The van der Waals surface area contributed by atoms with Crippen LogP contribution in [0.25, 0.3) is 0 Å². The predicted molar refractivity (Wildman–Crippen MR) is 67.6 cm³/mol. The molecule has 18 heavy (non-hydrogen) atoms. The topological polar surface area (TPSA) is 87.7 Å². The Morgan fingerprint density at radius 3 is 2.83 bits per heavy atom. The van der Waals surface area contributed by atoms with Gasteiger partial charge < -0.3 is 5.32 Å². The molecular formula is C11H12N4O2S. The monoisotopic (exact) mass is 264 g/mol. The van der Waals surface area contributed by atoms with Crippen LogP contribution in [0, 0.1) is 6.92 Å². The van der Waals surface area contributed by atoms with E-state index in [0.717, 1.165) is 10.7 Å². The van der Waals surface area contributed by atoms with Gasteiger partial charge in [0.2, 0.25) is 0 Å². The Bertz CT molecular complexity index is 599. The van der Waals surface area contributed by atoms with E-state index in [1.807, 2.05) is 19.2 Å². The minimum absolute atomic E-state index is 0.174. The number of H-pyrrole nitrogens is 1. The summed E-state index contributed by atoms with van der Waals surface area (Å²) in [6.45, 7) is 3.75. The third kappa shape index (κ3) is 2.80. The summed E-state index contributed by atoms with van der Waals surface area (Å²) in [6, 6.07) is 2.45. The fourth-order valence-electron chi connectivity index (χ4n) is 1.39. The zero-order chi connectivity index (χ0) is 13.1. The maximum absolute atomic E-state index is 11.8. The molecule has 1 unspecified atom stereocenters. The van der Waals surface area contributed by atoms with Gasteiger partial charge in [0.1, 0.15) is 5.69 Å². The quantitative estimate of drug-likeness (QED) is 0.866. The molecule has 0 saturated carbocycles. The van der Waals surface area contributed by atoms with Crippen LogP contribution in [0.3, 0.4) is 0 Å². The number of aromatic nitrogens is 3. The van der Waals surface area contributed by atoms with Crippen LogP contribution < -0.4 is 10.9 Å². The molecule has 2 N–H and O–H groups in total. The number of nitrogens with zero attached hydrogens (tertiary/aromatic N) is 2.